The highest BCUT2D eigenvalue weighted by Crippen LogP contribution is 2.10. The Kier molecular flexibility index (Phi) is 17.0. The van der Waals surface area contributed by atoms with Gasteiger partial charge < -0.3 is 19.7 Å². The summed E-state index contributed by atoms with van der Waals surface area (Å²) in [5.74, 6) is -1.32. The van der Waals surface area contributed by atoms with Gasteiger partial charge in [-0.05, 0) is 25.7 Å². The molecule has 26 heavy (non-hydrogen) atoms. The summed E-state index contributed by atoms with van der Waals surface area (Å²) in [7, 11) is 0. The average molecular weight is 413 g/mol. The summed E-state index contributed by atoms with van der Waals surface area (Å²) in [5, 5.41) is 16.8. The van der Waals surface area contributed by atoms with Gasteiger partial charge in [0.1, 0.15) is 13.2 Å². The minimum atomic E-state index is -0.658. The van der Waals surface area contributed by atoms with Gasteiger partial charge in [-0.2, -0.15) is 0 Å². The van der Waals surface area contributed by atoms with Gasteiger partial charge in [-0.3, -0.25) is 0 Å². The number of rotatable bonds is 16. The molecule has 0 aromatic carbocycles. The lowest BCUT2D eigenvalue weighted by Crippen LogP contribution is -2.14. The summed E-state index contributed by atoms with van der Waals surface area (Å²) in [6.45, 7) is 0.459. The first kappa shape index (κ1) is 25.2. The monoisotopic (exact) mass is 412 g/mol. The first-order valence-corrected chi connectivity index (χ1v) is 9.88. The van der Waals surface area contributed by atoms with Crippen molar-refractivity contribution in [2.24, 2.45) is 0 Å². The number of ether oxygens (including phenoxy) is 2. The van der Waals surface area contributed by atoms with Gasteiger partial charge >= 0.3 is 11.9 Å². The van der Waals surface area contributed by atoms with Crippen molar-refractivity contribution in [3.63, 3.8) is 0 Å². The molecule has 0 fully saturated rings. The Morgan fingerprint density at radius 2 is 1.12 bits per heavy atom. The SMILES string of the molecule is O=C(/C=C/C(=O)OCC(Cl)CCCCCO)OCC(Cl)CCCCCO. The van der Waals surface area contributed by atoms with E-state index in [1.165, 1.54) is 0 Å². The second kappa shape index (κ2) is 17.6. The normalized spacial score (nSPS) is 13.5. The van der Waals surface area contributed by atoms with Gasteiger partial charge in [0.2, 0.25) is 0 Å². The van der Waals surface area contributed by atoms with Crippen molar-refractivity contribution in [3.8, 4) is 0 Å². The van der Waals surface area contributed by atoms with Crippen molar-refractivity contribution >= 4 is 35.1 Å². The van der Waals surface area contributed by atoms with Crippen LogP contribution in [0.4, 0.5) is 0 Å². The van der Waals surface area contributed by atoms with Gasteiger partial charge in [-0.25, -0.2) is 9.59 Å². The fourth-order valence-electron chi connectivity index (χ4n) is 2.05. The molecule has 0 aliphatic rings. The molecular weight excluding hydrogens is 383 g/mol. The Morgan fingerprint density at radius 1 is 0.731 bits per heavy atom. The van der Waals surface area contributed by atoms with E-state index < -0.39 is 11.9 Å². The Balaban J connectivity index is 3.79. The Labute approximate surface area is 165 Å². The second-order valence-corrected chi connectivity index (χ2v) is 7.17. The smallest absolute Gasteiger partial charge is 0.331 e. The highest BCUT2D eigenvalue weighted by atomic mass is 35.5. The van der Waals surface area contributed by atoms with Crippen molar-refractivity contribution in [2.45, 2.75) is 62.1 Å². The molecule has 2 unspecified atom stereocenters. The highest BCUT2D eigenvalue weighted by molar-refractivity contribution is 6.21. The average Bonchev–Trinajstić information content (AvgIpc) is 2.63. The molecule has 2 atom stereocenters. The number of hydrogen-bond donors (Lipinski definition) is 2. The zero-order valence-corrected chi connectivity index (χ0v) is 16.6. The van der Waals surface area contributed by atoms with E-state index in [1.54, 1.807) is 0 Å². The molecule has 8 heteroatoms. The first-order chi connectivity index (χ1) is 12.5. The van der Waals surface area contributed by atoms with Crippen molar-refractivity contribution in [1.29, 1.82) is 0 Å². The van der Waals surface area contributed by atoms with E-state index in [9.17, 15) is 9.59 Å². The third-order valence-corrected chi connectivity index (χ3v) is 4.21. The predicted octanol–water partition coefficient (Wildman–Crippen LogP) is 2.95. The second-order valence-electron chi connectivity index (χ2n) is 5.93. The third-order valence-electron chi connectivity index (χ3n) is 3.52. The van der Waals surface area contributed by atoms with Crippen LogP contribution >= 0.6 is 23.2 Å². The van der Waals surface area contributed by atoms with E-state index in [1.807, 2.05) is 0 Å². The minimum absolute atomic E-state index is 0.0660. The lowest BCUT2D eigenvalue weighted by molar-refractivity contribution is -0.140. The Hall–Kier alpha value is -0.820. The van der Waals surface area contributed by atoms with Crippen LogP contribution < -0.4 is 0 Å². The molecule has 0 amide bonds. The number of aliphatic hydroxyl groups excluding tert-OH is 2. The minimum Gasteiger partial charge on any atom is -0.461 e. The maximum absolute atomic E-state index is 11.5. The van der Waals surface area contributed by atoms with Crippen LogP contribution in [0.3, 0.4) is 0 Å². The summed E-state index contributed by atoms with van der Waals surface area (Å²) in [4.78, 5) is 23.0. The largest absolute Gasteiger partial charge is 0.461 e. The van der Waals surface area contributed by atoms with Gasteiger partial charge in [0.15, 0.2) is 0 Å². The predicted molar refractivity (Wildman–Crippen MR) is 101 cm³/mol. The summed E-state index contributed by atoms with van der Waals surface area (Å²) in [5.41, 5.74) is 0. The summed E-state index contributed by atoms with van der Waals surface area (Å²) in [6.07, 6.45) is 8.32. The quantitative estimate of drug-likeness (QED) is 0.175. The molecular formula is C18H30Cl2O6. The first-order valence-electron chi connectivity index (χ1n) is 9.01. The molecule has 0 rings (SSSR count). The lowest BCUT2D eigenvalue weighted by atomic mass is 10.1. The number of halogens is 2. The highest BCUT2D eigenvalue weighted by Gasteiger charge is 2.09. The van der Waals surface area contributed by atoms with E-state index in [0.717, 1.165) is 50.7 Å². The van der Waals surface area contributed by atoms with Crippen molar-refractivity contribution < 1.29 is 29.3 Å². The molecule has 0 aliphatic heterocycles. The number of alkyl halides is 2. The van der Waals surface area contributed by atoms with E-state index >= 15 is 0 Å². The van der Waals surface area contributed by atoms with Crippen LogP contribution in [0.2, 0.25) is 0 Å². The molecule has 0 saturated heterocycles. The fraction of sp³-hybridized carbons (Fsp3) is 0.778. The van der Waals surface area contributed by atoms with Crippen LogP contribution in [-0.4, -0.2) is 59.3 Å². The summed E-state index contributed by atoms with van der Waals surface area (Å²) in [6, 6.07) is 0. The third kappa shape index (κ3) is 16.6. The van der Waals surface area contributed by atoms with Crippen LogP contribution in [0, 0.1) is 0 Å². The molecule has 0 spiro atoms. The van der Waals surface area contributed by atoms with Crippen molar-refractivity contribution in [2.75, 3.05) is 26.4 Å². The molecule has 0 bridgehead atoms. The van der Waals surface area contributed by atoms with Crippen LogP contribution in [0.1, 0.15) is 51.4 Å². The van der Waals surface area contributed by atoms with E-state index in [0.29, 0.717) is 12.8 Å². The maximum atomic E-state index is 11.5. The van der Waals surface area contributed by atoms with Gasteiger partial charge in [0.25, 0.3) is 0 Å². The van der Waals surface area contributed by atoms with Crippen LogP contribution in [0.5, 0.6) is 0 Å². The lowest BCUT2D eigenvalue weighted by Gasteiger charge is -2.09. The van der Waals surface area contributed by atoms with Crippen LogP contribution in [0.15, 0.2) is 12.2 Å². The van der Waals surface area contributed by atoms with Crippen LogP contribution in [-0.2, 0) is 19.1 Å². The zero-order chi connectivity index (χ0) is 19.6. The molecule has 0 radical (unpaired) electrons. The number of hydrogen-bond acceptors (Lipinski definition) is 6. The topological polar surface area (TPSA) is 93.1 Å². The summed E-state index contributed by atoms with van der Waals surface area (Å²) >= 11 is 12.1. The zero-order valence-electron chi connectivity index (χ0n) is 15.1. The number of esters is 2. The molecule has 6 nitrogen and oxygen atoms in total. The standard InChI is InChI=1S/C18H30Cl2O6/c19-15(7-3-1-5-11-21)13-25-17(23)9-10-18(24)26-14-16(20)8-4-2-6-12-22/h9-10,15-16,21-22H,1-8,11-14H2/b10-9+. The van der Waals surface area contributed by atoms with E-state index in [4.69, 9.17) is 42.9 Å². The number of unbranched alkanes of at least 4 members (excludes halogenated alkanes) is 4. The Bertz CT molecular complexity index is 367. The Morgan fingerprint density at radius 3 is 1.46 bits per heavy atom. The summed E-state index contributed by atoms with van der Waals surface area (Å²) < 4.78 is 9.90. The number of carbonyl (C=O) groups excluding carboxylic acids is 2. The molecule has 0 saturated carbocycles. The van der Waals surface area contributed by atoms with Crippen molar-refractivity contribution in [3.05, 3.63) is 12.2 Å². The van der Waals surface area contributed by atoms with Gasteiger partial charge in [0.05, 0.1) is 10.8 Å². The molecule has 152 valence electrons. The molecule has 0 heterocycles. The molecule has 0 aromatic rings. The number of aliphatic hydroxyl groups is 2. The van der Waals surface area contributed by atoms with E-state index in [-0.39, 0.29) is 37.2 Å². The molecule has 0 aromatic heterocycles. The number of carbonyl (C=O) groups is 2. The van der Waals surface area contributed by atoms with Crippen molar-refractivity contribution in [1.82, 2.24) is 0 Å². The molecule has 2 N–H and O–H groups in total. The molecule has 0 aliphatic carbocycles. The van der Waals surface area contributed by atoms with Gasteiger partial charge in [-0.1, -0.05) is 25.7 Å². The maximum Gasteiger partial charge on any atom is 0.331 e. The van der Waals surface area contributed by atoms with Gasteiger partial charge in [-0.15, -0.1) is 23.2 Å². The fourth-order valence-corrected chi connectivity index (χ4v) is 2.49. The van der Waals surface area contributed by atoms with E-state index in [2.05, 4.69) is 0 Å². The van der Waals surface area contributed by atoms with Crippen LogP contribution in [0.25, 0.3) is 0 Å². The van der Waals surface area contributed by atoms with Gasteiger partial charge in [0, 0.05) is 25.4 Å².